The Hall–Kier alpha value is -1.68. The number of rotatable bonds is 4. The fourth-order valence-electron chi connectivity index (χ4n) is 2.07. The lowest BCUT2D eigenvalue weighted by Gasteiger charge is -2.11. The number of aldehydes is 1. The molecule has 1 aromatic carbocycles. The molecule has 1 aromatic heterocycles. The van der Waals surface area contributed by atoms with Crippen LogP contribution in [-0.4, -0.2) is 17.9 Å². The maximum Gasteiger partial charge on any atom is 0.162 e. The second-order valence-electron chi connectivity index (χ2n) is 4.43. The van der Waals surface area contributed by atoms with Gasteiger partial charge in [-0.05, 0) is 51.0 Å². The molecule has 1 heterocycles. The predicted molar refractivity (Wildman–Crippen MR) is 78.3 cm³/mol. The van der Waals surface area contributed by atoms with Crippen molar-refractivity contribution in [3.05, 3.63) is 33.1 Å². The van der Waals surface area contributed by atoms with Crippen molar-refractivity contribution in [1.29, 1.82) is 0 Å². The number of aryl methyl sites for hydroxylation is 3. The highest BCUT2D eigenvalue weighted by molar-refractivity contribution is 7.13. The topological polar surface area (TPSA) is 39.2 Å². The Morgan fingerprint density at radius 1 is 1.26 bits per heavy atom. The van der Waals surface area contributed by atoms with E-state index in [1.165, 1.54) is 11.3 Å². The SMILES string of the molecule is CCOc1cc(C)c(-c2nc(C)sc2C=O)cc1C. The fraction of sp³-hybridized carbons (Fsp3) is 0.333. The minimum atomic E-state index is 0.648. The van der Waals surface area contributed by atoms with Crippen molar-refractivity contribution < 1.29 is 9.53 Å². The number of ether oxygens (including phenoxy) is 1. The zero-order chi connectivity index (χ0) is 14.0. The third-order valence-corrected chi connectivity index (χ3v) is 3.84. The summed E-state index contributed by atoms with van der Waals surface area (Å²) in [7, 11) is 0. The van der Waals surface area contributed by atoms with E-state index in [2.05, 4.69) is 4.98 Å². The molecule has 0 saturated heterocycles. The molecule has 0 saturated carbocycles. The summed E-state index contributed by atoms with van der Waals surface area (Å²) in [6.07, 6.45) is 0.880. The lowest BCUT2D eigenvalue weighted by atomic mass is 10.0. The van der Waals surface area contributed by atoms with E-state index in [0.717, 1.165) is 39.4 Å². The minimum Gasteiger partial charge on any atom is -0.494 e. The predicted octanol–water partition coefficient (Wildman–Crippen LogP) is 3.95. The first-order valence-electron chi connectivity index (χ1n) is 6.23. The molecule has 0 aliphatic heterocycles. The second kappa shape index (κ2) is 5.53. The first-order valence-corrected chi connectivity index (χ1v) is 7.05. The van der Waals surface area contributed by atoms with E-state index in [9.17, 15) is 4.79 Å². The molecule has 0 aliphatic rings. The normalized spacial score (nSPS) is 10.5. The number of nitrogens with zero attached hydrogens (tertiary/aromatic N) is 1. The highest BCUT2D eigenvalue weighted by Crippen LogP contribution is 2.33. The smallest absolute Gasteiger partial charge is 0.162 e. The Labute approximate surface area is 117 Å². The van der Waals surface area contributed by atoms with Gasteiger partial charge in [0, 0.05) is 5.56 Å². The molecular weight excluding hydrogens is 258 g/mol. The third kappa shape index (κ3) is 2.68. The Bertz CT molecular complexity index is 617. The summed E-state index contributed by atoms with van der Waals surface area (Å²) in [6.45, 7) is 8.55. The van der Waals surface area contributed by atoms with Crippen LogP contribution in [0.3, 0.4) is 0 Å². The minimum absolute atomic E-state index is 0.648. The van der Waals surface area contributed by atoms with Gasteiger partial charge in [-0.25, -0.2) is 4.98 Å². The van der Waals surface area contributed by atoms with Crippen LogP contribution in [0.15, 0.2) is 12.1 Å². The molecule has 0 fully saturated rings. The Morgan fingerprint density at radius 2 is 2.00 bits per heavy atom. The number of carbonyl (C=O) groups is 1. The highest BCUT2D eigenvalue weighted by atomic mass is 32.1. The molecule has 0 N–H and O–H groups in total. The molecule has 4 heteroatoms. The maximum atomic E-state index is 11.1. The van der Waals surface area contributed by atoms with Crippen LogP contribution in [0.5, 0.6) is 5.75 Å². The van der Waals surface area contributed by atoms with Crippen LogP contribution in [-0.2, 0) is 0 Å². The van der Waals surface area contributed by atoms with Crippen LogP contribution < -0.4 is 4.74 Å². The number of thiazole rings is 1. The van der Waals surface area contributed by atoms with Crippen molar-refractivity contribution in [2.24, 2.45) is 0 Å². The van der Waals surface area contributed by atoms with Gasteiger partial charge >= 0.3 is 0 Å². The Kier molecular flexibility index (Phi) is 4.00. The van der Waals surface area contributed by atoms with Gasteiger partial charge in [0.15, 0.2) is 6.29 Å². The van der Waals surface area contributed by atoms with Crippen LogP contribution in [0.25, 0.3) is 11.3 Å². The van der Waals surface area contributed by atoms with Crippen molar-refractivity contribution in [2.45, 2.75) is 27.7 Å². The van der Waals surface area contributed by atoms with Gasteiger partial charge in [-0.2, -0.15) is 0 Å². The average molecular weight is 275 g/mol. The Morgan fingerprint density at radius 3 is 2.63 bits per heavy atom. The van der Waals surface area contributed by atoms with E-state index < -0.39 is 0 Å². The second-order valence-corrected chi connectivity index (χ2v) is 5.66. The van der Waals surface area contributed by atoms with Crippen molar-refractivity contribution in [3.63, 3.8) is 0 Å². The van der Waals surface area contributed by atoms with E-state index in [1.54, 1.807) is 0 Å². The molecule has 0 aliphatic carbocycles. The summed E-state index contributed by atoms with van der Waals surface area (Å²) < 4.78 is 5.58. The van der Waals surface area contributed by atoms with Gasteiger partial charge in [0.25, 0.3) is 0 Å². The third-order valence-electron chi connectivity index (χ3n) is 2.94. The fourth-order valence-corrected chi connectivity index (χ4v) is 2.83. The molecule has 0 amide bonds. The van der Waals surface area contributed by atoms with Gasteiger partial charge in [0.2, 0.25) is 0 Å². The average Bonchev–Trinajstić information content (AvgIpc) is 2.75. The van der Waals surface area contributed by atoms with Gasteiger partial charge < -0.3 is 4.74 Å². The van der Waals surface area contributed by atoms with E-state index in [-0.39, 0.29) is 0 Å². The number of carbonyl (C=O) groups excluding carboxylic acids is 1. The summed E-state index contributed by atoms with van der Waals surface area (Å²) in [5, 5.41) is 0.906. The molecule has 0 radical (unpaired) electrons. The van der Waals surface area contributed by atoms with E-state index in [1.807, 2.05) is 39.8 Å². The zero-order valence-electron chi connectivity index (χ0n) is 11.6. The lowest BCUT2D eigenvalue weighted by Crippen LogP contribution is -1.96. The van der Waals surface area contributed by atoms with E-state index >= 15 is 0 Å². The molecule has 100 valence electrons. The van der Waals surface area contributed by atoms with Gasteiger partial charge in [-0.3, -0.25) is 4.79 Å². The standard InChI is InChI=1S/C15H17NO2S/c1-5-18-13-7-9(2)12(6-10(13)3)15-14(8-17)19-11(4)16-15/h6-8H,5H2,1-4H3. The van der Waals surface area contributed by atoms with Crippen molar-refractivity contribution in [3.8, 4) is 17.0 Å². The summed E-state index contributed by atoms with van der Waals surface area (Å²) >= 11 is 1.43. The van der Waals surface area contributed by atoms with Crippen LogP contribution >= 0.6 is 11.3 Å². The van der Waals surface area contributed by atoms with Crippen molar-refractivity contribution >= 4 is 17.6 Å². The van der Waals surface area contributed by atoms with Crippen LogP contribution in [0.4, 0.5) is 0 Å². The first kappa shape index (κ1) is 13.7. The van der Waals surface area contributed by atoms with Gasteiger partial charge in [0.1, 0.15) is 5.75 Å². The lowest BCUT2D eigenvalue weighted by molar-refractivity contribution is 0.112. The number of benzene rings is 1. The molecule has 0 unspecified atom stereocenters. The monoisotopic (exact) mass is 275 g/mol. The summed E-state index contributed by atoms with van der Waals surface area (Å²) in [4.78, 5) is 16.3. The molecule has 2 rings (SSSR count). The molecule has 2 aromatic rings. The zero-order valence-corrected chi connectivity index (χ0v) is 12.4. The van der Waals surface area contributed by atoms with E-state index in [0.29, 0.717) is 11.5 Å². The molecule has 0 atom stereocenters. The van der Waals surface area contributed by atoms with Gasteiger partial charge in [0.05, 0.1) is 22.2 Å². The highest BCUT2D eigenvalue weighted by Gasteiger charge is 2.14. The molecular formula is C15H17NO2S. The van der Waals surface area contributed by atoms with Crippen molar-refractivity contribution in [2.75, 3.05) is 6.61 Å². The maximum absolute atomic E-state index is 11.1. The number of aromatic nitrogens is 1. The van der Waals surface area contributed by atoms with Crippen LogP contribution in [0, 0.1) is 20.8 Å². The van der Waals surface area contributed by atoms with Crippen LogP contribution in [0.2, 0.25) is 0 Å². The number of hydrogen-bond acceptors (Lipinski definition) is 4. The molecule has 0 bridgehead atoms. The first-order chi connectivity index (χ1) is 9.06. The summed E-state index contributed by atoms with van der Waals surface area (Å²) in [5.41, 5.74) is 3.92. The quantitative estimate of drug-likeness (QED) is 0.793. The molecule has 3 nitrogen and oxygen atoms in total. The van der Waals surface area contributed by atoms with Gasteiger partial charge in [-0.15, -0.1) is 11.3 Å². The van der Waals surface area contributed by atoms with Crippen LogP contribution in [0.1, 0.15) is 32.7 Å². The summed E-state index contributed by atoms with van der Waals surface area (Å²) in [6, 6.07) is 4.05. The molecule has 0 spiro atoms. The number of hydrogen-bond donors (Lipinski definition) is 0. The largest absolute Gasteiger partial charge is 0.494 e. The molecule has 19 heavy (non-hydrogen) atoms. The van der Waals surface area contributed by atoms with Gasteiger partial charge in [-0.1, -0.05) is 0 Å². The Balaban J connectivity index is 2.56. The van der Waals surface area contributed by atoms with E-state index in [4.69, 9.17) is 4.74 Å². The summed E-state index contributed by atoms with van der Waals surface area (Å²) in [5.74, 6) is 0.892. The van der Waals surface area contributed by atoms with Crippen molar-refractivity contribution in [1.82, 2.24) is 4.98 Å².